The molecule has 1 saturated carbocycles. The minimum absolute atomic E-state index is 0.274. The van der Waals surface area contributed by atoms with Crippen LogP contribution in [0, 0.1) is 11.7 Å². The van der Waals surface area contributed by atoms with Crippen molar-refractivity contribution in [2.75, 3.05) is 13.1 Å². The van der Waals surface area contributed by atoms with E-state index >= 15 is 0 Å². The predicted molar refractivity (Wildman–Crippen MR) is 75.8 cm³/mol. The first kappa shape index (κ1) is 13.3. The molecule has 1 aliphatic heterocycles. The summed E-state index contributed by atoms with van der Waals surface area (Å²) in [6.45, 7) is 5.00. The zero-order chi connectivity index (χ0) is 13.4. The molecule has 0 bridgehead atoms. The maximum atomic E-state index is 13.5. The Kier molecular flexibility index (Phi) is 3.79. The van der Waals surface area contributed by atoms with Gasteiger partial charge in [0.05, 0.1) is 5.02 Å². The third kappa shape index (κ3) is 2.93. The van der Waals surface area contributed by atoms with Gasteiger partial charge in [-0.05, 0) is 37.3 Å². The number of nitrogens with one attached hydrogen (secondary N) is 1. The second kappa shape index (κ2) is 5.39. The molecule has 0 radical (unpaired) electrons. The fourth-order valence-corrected chi connectivity index (χ4v) is 3.06. The molecule has 2 atom stereocenters. The van der Waals surface area contributed by atoms with Crippen molar-refractivity contribution in [2.24, 2.45) is 5.92 Å². The highest BCUT2D eigenvalue weighted by atomic mass is 35.5. The topological polar surface area (TPSA) is 15.3 Å². The maximum absolute atomic E-state index is 13.5. The Labute approximate surface area is 118 Å². The second-order valence-electron chi connectivity index (χ2n) is 5.84. The normalized spacial score (nSPS) is 28.6. The largest absolute Gasteiger partial charge is 0.311 e. The van der Waals surface area contributed by atoms with Crippen molar-refractivity contribution in [3.63, 3.8) is 0 Å². The summed E-state index contributed by atoms with van der Waals surface area (Å²) in [5.41, 5.74) is 0.893. The highest BCUT2D eigenvalue weighted by Gasteiger charge is 2.36. The van der Waals surface area contributed by atoms with Gasteiger partial charge in [0.15, 0.2) is 0 Å². The Bertz CT molecular complexity index is 461. The molecule has 0 amide bonds. The van der Waals surface area contributed by atoms with Gasteiger partial charge in [0.1, 0.15) is 5.82 Å². The zero-order valence-electron chi connectivity index (χ0n) is 11.2. The van der Waals surface area contributed by atoms with Crippen molar-refractivity contribution >= 4 is 11.6 Å². The highest BCUT2D eigenvalue weighted by molar-refractivity contribution is 6.31. The zero-order valence-corrected chi connectivity index (χ0v) is 12.0. The molecule has 2 fully saturated rings. The molecule has 1 aromatic carbocycles. The van der Waals surface area contributed by atoms with E-state index in [9.17, 15) is 4.39 Å². The number of halogens is 2. The molecule has 104 valence electrons. The molecule has 0 aromatic heterocycles. The van der Waals surface area contributed by atoms with Crippen LogP contribution in [0.4, 0.5) is 4.39 Å². The van der Waals surface area contributed by atoms with E-state index in [1.807, 2.05) is 6.07 Å². The summed E-state index contributed by atoms with van der Waals surface area (Å²) >= 11 is 6.05. The lowest BCUT2D eigenvalue weighted by Crippen LogP contribution is -2.55. The lowest BCUT2D eigenvalue weighted by Gasteiger charge is -2.39. The Balaban J connectivity index is 1.71. The van der Waals surface area contributed by atoms with Gasteiger partial charge in [0.25, 0.3) is 0 Å². The predicted octanol–water partition coefficient (Wildman–Crippen LogP) is 3.05. The van der Waals surface area contributed by atoms with E-state index in [0.29, 0.717) is 12.1 Å². The Morgan fingerprint density at radius 1 is 1.42 bits per heavy atom. The van der Waals surface area contributed by atoms with Crippen molar-refractivity contribution in [2.45, 2.75) is 38.4 Å². The van der Waals surface area contributed by atoms with Crippen molar-refractivity contribution in [3.8, 4) is 0 Å². The number of rotatable bonds is 3. The molecule has 1 saturated heterocycles. The first-order valence-electron chi connectivity index (χ1n) is 7.05. The van der Waals surface area contributed by atoms with E-state index < -0.39 is 0 Å². The molecule has 0 spiro atoms. The van der Waals surface area contributed by atoms with Gasteiger partial charge in [-0.15, -0.1) is 0 Å². The number of hydrogen-bond acceptors (Lipinski definition) is 2. The lowest BCUT2D eigenvalue weighted by molar-refractivity contribution is 0.125. The summed E-state index contributed by atoms with van der Waals surface area (Å²) in [6, 6.07) is 6.14. The maximum Gasteiger partial charge on any atom is 0.142 e. The summed E-state index contributed by atoms with van der Waals surface area (Å²) in [7, 11) is 0. The number of piperazine rings is 1. The van der Waals surface area contributed by atoms with E-state index in [-0.39, 0.29) is 10.8 Å². The van der Waals surface area contributed by atoms with Crippen molar-refractivity contribution < 1.29 is 4.39 Å². The van der Waals surface area contributed by atoms with E-state index in [2.05, 4.69) is 17.1 Å². The van der Waals surface area contributed by atoms with Crippen LogP contribution in [0.2, 0.25) is 5.02 Å². The van der Waals surface area contributed by atoms with Gasteiger partial charge in [-0.1, -0.05) is 23.7 Å². The monoisotopic (exact) mass is 282 g/mol. The molecule has 4 heteroatoms. The van der Waals surface area contributed by atoms with Crippen molar-refractivity contribution in [3.05, 3.63) is 34.6 Å². The van der Waals surface area contributed by atoms with Crippen LogP contribution in [0.3, 0.4) is 0 Å². The molecular formula is C15H20ClFN2. The summed E-state index contributed by atoms with van der Waals surface area (Å²) in [6.07, 6.45) is 2.70. The standard InChI is InChI=1S/C15H20ClFN2/c1-10-7-18-14(11-5-6-11)9-19(10)8-12-3-2-4-13(17)15(12)16/h2-4,10-11,14,18H,5-9H2,1H3. The summed E-state index contributed by atoms with van der Waals surface area (Å²) in [5.74, 6) is 0.527. The molecule has 2 unspecified atom stereocenters. The third-order valence-corrected chi connectivity index (χ3v) is 4.75. The van der Waals surface area contributed by atoms with Crippen LogP contribution in [0.5, 0.6) is 0 Å². The molecular weight excluding hydrogens is 263 g/mol. The smallest absolute Gasteiger partial charge is 0.142 e. The minimum Gasteiger partial charge on any atom is -0.311 e. The van der Waals surface area contributed by atoms with Crippen LogP contribution in [-0.4, -0.2) is 30.1 Å². The average molecular weight is 283 g/mol. The van der Waals surface area contributed by atoms with E-state index in [1.54, 1.807) is 6.07 Å². The highest BCUT2D eigenvalue weighted by Crippen LogP contribution is 2.34. The van der Waals surface area contributed by atoms with Crippen LogP contribution >= 0.6 is 11.6 Å². The Morgan fingerprint density at radius 2 is 2.21 bits per heavy atom. The molecule has 3 rings (SSSR count). The molecule has 2 aliphatic rings. The van der Waals surface area contributed by atoms with Gasteiger partial charge in [0, 0.05) is 31.7 Å². The number of nitrogens with zero attached hydrogens (tertiary/aromatic N) is 1. The van der Waals surface area contributed by atoms with E-state index in [0.717, 1.165) is 31.1 Å². The van der Waals surface area contributed by atoms with Crippen LogP contribution < -0.4 is 5.32 Å². The average Bonchev–Trinajstić information content (AvgIpc) is 3.22. The van der Waals surface area contributed by atoms with E-state index in [1.165, 1.54) is 18.9 Å². The van der Waals surface area contributed by atoms with Crippen LogP contribution in [0.25, 0.3) is 0 Å². The summed E-state index contributed by atoms with van der Waals surface area (Å²) in [4.78, 5) is 2.42. The quantitative estimate of drug-likeness (QED) is 0.917. The fourth-order valence-electron chi connectivity index (χ4n) is 2.87. The summed E-state index contributed by atoms with van der Waals surface area (Å²) < 4.78 is 13.5. The minimum atomic E-state index is -0.319. The SMILES string of the molecule is CC1CNC(C2CC2)CN1Cc1cccc(F)c1Cl. The van der Waals surface area contributed by atoms with Crippen molar-refractivity contribution in [1.29, 1.82) is 0 Å². The van der Waals surface area contributed by atoms with Crippen molar-refractivity contribution in [1.82, 2.24) is 10.2 Å². The number of benzene rings is 1. The van der Waals surface area contributed by atoms with Crippen LogP contribution in [0.1, 0.15) is 25.3 Å². The van der Waals surface area contributed by atoms with Gasteiger partial charge in [0.2, 0.25) is 0 Å². The third-order valence-electron chi connectivity index (χ3n) is 4.33. The second-order valence-corrected chi connectivity index (χ2v) is 6.22. The van der Waals surface area contributed by atoms with Gasteiger partial charge < -0.3 is 5.32 Å². The van der Waals surface area contributed by atoms with E-state index in [4.69, 9.17) is 11.6 Å². The number of hydrogen-bond donors (Lipinski definition) is 1. The first-order chi connectivity index (χ1) is 9.15. The van der Waals surface area contributed by atoms with Gasteiger partial charge in [-0.3, -0.25) is 4.90 Å². The first-order valence-corrected chi connectivity index (χ1v) is 7.43. The van der Waals surface area contributed by atoms with Gasteiger partial charge in [-0.2, -0.15) is 0 Å². The molecule has 2 nitrogen and oxygen atoms in total. The van der Waals surface area contributed by atoms with Gasteiger partial charge in [-0.25, -0.2) is 4.39 Å². The Morgan fingerprint density at radius 3 is 2.95 bits per heavy atom. The molecule has 1 aromatic rings. The Hall–Kier alpha value is -0.640. The molecule has 1 aliphatic carbocycles. The molecule has 19 heavy (non-hydrogen) atoms. The van der Waals surface area contributed by atoms with Crippen LogP contribution in [-0.2, 0) is 6.54 Å². The fraction of sp³-hybridized carbons (Fsp3) is 0.600. The van der Waals surface area contributed by atoms with Crippen LogP contribution in [0.15, 0.2) is 18.2 Å². The lowest BCUT2D eigenvalue weighted by atomic mass is 10.0. The van der Waals surface area contributed by atoms with Gasteiger partial charge >= 0.3 is 0 Å². The molecule has 1 N–H and O–H groups in total. The summed E-state index contributed by atoms with van der Waals surface area (Å²) in [5, 5.41) is 3.90. The molecule has 1 heterocycles.